The number of amides is 1. The van der Waals surface area contributed by atoms with Gasteiger partial charge in [-0.15, -0.1) is 0 Å². The van der Waals surface area contributed by atoms with Gasteiger partial charge in [0, 0.05) is 41.7 Å². The zero-order valence-electron chi connectivity index (χ0n) is 10.3. The molecular weight excluding hydrogens is 230 g/mol. The summed E-state index contributed by atoms with van der Waals surface area (Å²) in [7, 11) is 3.38. The molecule has 0 saturated carbocycles. The molecule has 2 aromatic heterocycles. The third-order valence-corrected chi connectivity index (χ3v) is 1.94. The van der Waals surface area contributed by atoms with Gasteiger partial charge >= 0.3 is 0 Å². The molecule has 1 amide bonds. The van der Waals surface area contributed by atoms with Crippen molar-refractivity contribution < 1.29 is 7.65 Å². The van der Waals surface area contributed by atoms with Gasteiger partial charge in [-0.1, -0.05) is 0 Å². The van der Waals surface area contributed by atoms with Crippen molar-refractivity contribution in [2.24, 2.45) is 0 Å². The Balaban J connectivity index is 0. The molecule has 6 heteroatoms. The molecule has 0 bridgehead atoms. The number of pyridine rings is 1. The van der Waals surface area contributed by atoms with Crippen LogP contribution >= 0.6 is 0 Å². The van der Waals surface area contributed by atoms with Gasteiger partial charge in [0.25, 0.3) is 5.91 Å². The maximum absolute atomic E-state index is 10.9. The summed E-state index contributed by atoms with van der Waals surface area (Å²) >= 11 is 0. The molecule has 0 saturated heterocycles. The van der Waals surface area contributed by atoms with E-state index in [-0.39, 0.29) is 8.76 Å². The number of rotatable bonds is 2. The summed E-state index contributed by atoms with van der Waals surface area (Å²) in [4.78, 5) is 22.4. The molecule has 0 aliphatic rings. The number of anilines is 1. The van der Waals surface area contributed by atoms with Gasteiger partial charge in [-0.05, 0) is 18.2 Å². The molecule has 0 fully saturated rings. The topological polar surface area (TPSA) is 79.8 Å². The molecule has 0 spiro atoms. The van der Waals surface area contributed by atoms with Gasteiger partial charge in [-0.3, -0.25) is 9.78 Å². The standard InChI is InChI=1S/C7H8N2O.C5H7N3.2H2/c1-8-7(10)6-3-2-4-9-5-6;1-6-5-7-3-2-4-8-5;;/h2-5H,1H3,(H,8,10);2-4H,1H3,(H,6,7,8);2*1H. The average Bonchev–Trinajstić information content (AvgIpc) is 2.49. The Morgan fingerprint density at radius 3 is 2.33 bits per heavy atom. The molecule has 0 radical (unpaired) electrons. The van der Waals surface area contributed by atoms with Gasteiger partial charge in [-0.25, -0.2) is 9.97 Å². The smallest absolute Gasteiger partial charge is 0.252 e. The normalized spacial score (nSPS) is 8.78. The fraction of sp³-hybridized carbons (Fsp3) is 0.167. The van der Waals surface area contributed by atoms with Crippen molar-refractivity contribution in [1.29, 1.82) is 0 Å². The number of carbonyl (C=O) groups is 1. The fourth-order valence-corrected chi connectivity index (χ4v) is 1.07. The van der Waals surface area contributed by atoms with Crippen LogP contribution in [0.5, 0.6) is 0 Å². The van der Waals surface area contributed by atoms with E-state index in [4.69, 9.17) is 0 Å². The van der Waals surface area contributed by atoms with E-state index in [1.54, 1.807) is 50.9 Å². The second-order valence-electron chi connectivity index (χ2n) is 3.14. The molecular formula is C12H19N5O. The van der Waals surface area contributed by atoms with Crippen LogP contribution in [-0.4, -0.2) is 35.0 Å². The van der Waals surface area contributed by atoms with E-state index in [1.807, 2.05) is 0 Å². The zero-order valence-corrected chi connectivity index (χ0v) is 10.3. The maximum Gasteiger partial charge on any atom is 0.252 e. The fourth-order valence-electron chi connectivity index (χ4n) is 1.07. The second-order valence-corrected chi connectivity index (χ2v) is 3.14. The van der Waals surface area contributed by atoms with E-state index in [2.05, 4.69) is 25.6 Å². The van der Waals surface area contributed by atoms with Crippen LogP contribution in [0.25, 0.3) is 0 Å². The lowest BCUT2D eigenvalue weighted by Gasteiger charge is -1.95. The Hall–Kier alpha value is -2.50. The minimum atomic E-state index is -0.104. The summed E-state index contributed by atoms with van der Waals surface area (Å²) in [5.74, 6) is 0.556. The minimum absolute atomic E-state index is 0. The molecule has 6 nitrogen and oxygen atoms in total. The second kappa shape index (κ2) is 7.72. The molecule has 2 aromatic rings. The molecule has 98 valence electrons. The number of carbonyl (C=O) groups excluding carboxylic acids is 1. The van der Waals surface area contributed by atoms with Crippen LogP contribution in [0.2, 0.25) is 0 Å². The quantitative estimate of drug-likeness (QED) is 0.842. The highest BCUT2D eigenvalue weighted by molar-refractivity contribution is 5.93. The van der Waals surface area contributed by atoms with Gasteiger partial charge in [0.1, 0.15) is 0 Å². The van der Waals surface area contributed by atoms with Gasteiger partial charge < -0.3 is 10.6 Å². The molecule has 0 aliphatic heterocycles. The van der Waals surface area contributed by atoms with Crippen LogP contribution in [0.1, 0.15) is 13.2 Å². The van der Waals surface area contributed by atoms with Crippen molar-refractivity contribution in [3.8, 4) is 0 Å². The van der Waals surface area contributed by atoms with Gasteiger partial charge in [0.2, 0.25) is 5.95 Å². The predicted octanol–water partition coefficient (Wildman–Crippen LogP) is 1.45. The highest BCUT2D eigenvalue weighted by Gasteiger charge is 1.98. The van der Waals surface area contributed by atoms with E-state index in [1.165, 1.54) is 6.20 Å². The van der Waals surface area contributed by atoms with Crippen LogP contribution in [0.4, 0.5) is 5.95 Å². The van der Waals surface area contributed by atoms with Crippen molar-refractivity contribution in [3.05, 3.63) is 48.5 Å². The summed E-state index contributed by atoms with van der Waals surface area (Å²) in [5, 5.41) is 5.31. The van der Waals surface area contributed by atoms with Crippen molar-refractivity contribution in [1.82, 2.24) is 20.3 Å². The lowest BCUT2D eigenvalue weighted by atomic mass is 10.3. The monoisotopic (exact) mass is 249 g/mol. The van der Waals surface area contributed by atoms with Crippen molar-refractivity contribution >= 4 is 11.9 Å². The first kappa shape index (κ1) is 13.6. The van der Waals surface area contributed by atoms with Gasteiger partial charge in [0.15, 0.2) is 0 Å². The first-order chi connectivity index (χ1) is 8.77. The Morgan fingerprint density at radius 1 is 1.17 bits per heavy atom. The van der Waals surface area contributed by atoms with E-state index in [9.17, 15) is 4.79 Å². The first-order valence-corrected chi connectivity index (χ1v) is 5.34. The largest absolute Gasteiger partial charge is 0.357 e. The Bertz CT molecular complexity index is 470. The van der Waals surface area contributed by atoms with Gasteiger partial charge in [-0.2, -0.15) is 0 Å². The lowest BCUT2D eigenvalue weighted by molar-refractivity contribution is 0.0962. The molecule has 0 aliphatic carbocycles. The number of aromatic nitrogens is 3. The number of nitrogens with zero attached hydrogens (tertiary/aromatic N) is 3. The summed E-state index contributed by atoms with van der Waals surface area (Å²) in [6, 6.07) is 5.22. The van der Waals surface area contributed by atoms with E-state index < -0.39 is 0 Å². The summed E-state index contributed by atoms with van der Waals surface area (Å²) in [5.41, 5.74) is 0.588. The zero-order chi connectivity index (χ0) is 13.2. The lowest BCUT2D eigenvalue weighted by Crippen LogP contribution is -2.17. The van der Waals surface area contributed by atoms with Crippen molar-refractivity contribution in [2.45, 2.75) is 0 Å². The number of hydrogen-bond acceptors (Lipinski definition) is 5. The molecule has 2 rings (SSSR count). The van der Waals surface area contributed by atoms with Gasteiger partial charge in [0.05, 0.1) is 5.56 Å². The Labute approximate surface area is 108 Å². The summed E-state index contributed by atoms with van der Waals surface area (Å²) < 4.78 is 0. The summed E-state index contributed by atoms with van der Waals surface area (Å²) in [6.07, 6.45) is 6.54. The van der Waals surface area contributed by atoms with Crippen molar-refractivity contribution in [3.63, 3.8) is 0 Å². The third-order valence-electron chi connectivity index (χ3n) is 1.94. The van der Waals surface area contributed by atoms with Crippen LogP contribution in [0.3, 0.4) is 0 Å². The maximum atomic E-state index is 10.9. The van der Waals surface area contributed by atoms with Crippen LogP contribution < -0.4 is 10.6 Å². The third kappa shape index (κ3) is 4.56. The van der Waals surface area contributed by atoms with Crippen LogP contribution in [-0.2, 0) is 0 Å². The summed E-state index contributed by atoms with van der Waals surface area (Å²) in [6.45, 7) is 0. The Kier molecular flexibility index (Phi) is 5.82. The van der Waals surface area contributed by atoms with E-state index in [0.717, 1.165) is 0 Å². The van der Waals surface area contributed by atoms with E-state index in [0.29, 0.717) is 11.5 Å². The predicted molar refractivity (Wildman–Crippen MR) is 73.4 cm³/mol. The molecule has 2 N–H and O–H groups in total. The van der Waals surface area contributed by atoms with Crippen molar-refractivity contribution in [2.75, 3.05) is 19.4 Å². The minimum Gasteiger partial charge on any atom is -0.357 e. The number of hydrogen-bond donors (Lipinski definition) is 2. The molecule has 0 unspecified atom stereocenters. The van der Waals surface area contributed by atoms with E-state index >= 15 is 0 Å². The average molecular weight is 249 g/mol. The molecule has 0 aromatic carbocycles. The Morgan fingerprint density at radius 2 is 1.89 bits per heavy atom. The molecule has 18 heavy (non-hydrogen) atoms. The molecule has 2 heterocycles. The molecule has 0 atom stereocenters. The SMILES string of the molecule is CNC(=O)c1cccnc1.CNc1ncccn1.[HH].[HH]. The van der Waals surface area contributed by atoms with Crippen LogP contribution in [0.15, 0.2) is 43.0 Å². The first-order valence-electron chi connectivity index (χ1n) is 5.34. The van der Waals surface area contributed by atoms with Crippen LogP contribution in [0, 0.1) is 0 Å². The number of nitrogens with one attached hydrogen (secondary N) is 2. The highest BCUT2D eigenvalue weighted by Crippen LogP contribution is 1.93. The highest BCUT2D eigenvalue weighted by atomic mass is 16.1.